The fourth-order valence-electron chi connectivity index (χ4n) is 2.60. The number of rotatable bonds is 6. The Kier molecular flexibility index (Phi) is 6.96. The lowest BCUT2D eigenvalue weighted by molar-refractivity contribution is 0.242. The number of nitrogen functional groups attached to an aromatic ring is 1. The number of urea groups is 1. The number of nitrogens with zero attached hydrogens (tertiary/aromatic N) is 3. The van der Waals surface area contributed by atoms with Gasteiger partial charge in [-0.2, -0.15) is 5.01 Å². The number of carbonyl (C=O) groups excluding carboxylic acids is 1. The van der Waals surface area contributed by atoms with Crippen molar-refractivity contribution in [2.24, 2.45) is 0 Å². The predicted molar refractivity (Wildman–Crippen MR) is 119 cm³/mol. The van der Waals surface area contributed by atoms with Crippen molar-refractivity contribution in [2.75, 3.05) is 10.7 Å². The Morgan fingerprint density at radius 3 is 2.39 bits per heavy atom. The van der Waals surface area contributed by atoms with E-state index in [1.165, 1.54) is 24.3 Å². The third-order valence-electron chi connectivity index (χ3n) is 4.16. The van der Waals surface area contributed by atoms with Crippen molar-refractivity contribution in [3.05, 3.63) is 76.3 Å². The van der Waals surface area contributed by atoms with Crippen molar-refractivity contribution >= 4 is 50.9 Å². The molecule has 3 rings (SSSR count). The van der Waals surface area contributed by atoms with E-state index in [0.29, 0.717) is 10.6 Å². The minimum Gasteiger partial charge on any atom is -0.382 e. The SMILES string of the molecule is C[C@H](NC(=O)N(NS(=O)(=O)c1ccccc1)c1ccc(N)nn1)c1cccc(Cl)c1Cl. The minimum absolute atomic E-state index is 0.0397. The molecule has 1 atom stereocenters. The molecule has 0 radical (unpaired) electrons. The van der Waals surface area contributed by atoms with Crippen LogP contribution in [0.5, 0.6) is 0 Å². The molecule has 12 heteroatoms. The van der Waals surface area contributed by atoms with E-state index >= 15 is 0 Å². The first-order valence-electron chi connectivity index (χ1n) is 8.90. The van der Waals surface area contributed by atoms with Gasteiger partial charge < -0.3 is 11.1 Å². The topological polar surface area (TPSA) is 130 Å². The van der Waals surface area contributed by atoms with Crippen molar-refractivity contribution < 1.29 is 13.2 Å². The highest BCUT2D eigenvalue weighted by molar-refractivity contribution is 7.89. The normalized spacial score (nSPS) is 12.2. The Morgan fingerprint density at radius 2 is 1.74 bits per heavy atom. The first kappa shape index (κ1) is 22.8. The van der Waals surface area contributed by atoms with E-state index in [4.69, 9.17) is 28.9 Å². The highest BCUT2D eigenvalue weighted by Crippen LogP contribution is 2.30. The molecule has 0 bridgehead atoms. The lowest BCUT2D eigenvalue weighted by Gasteiger charge is -2.25. The Hall–Kier alpha value is -2.92. The summed E-state index contributed by atoms with van der Waals surface area (Å²) in [7, 11) is -4.11. The van der Waals surface area contributed by atoms with E-state index in [0.717, 1.165) is 5.01 Å². The summed E-state index contributed by atoms with van der Waals surface area (Å²) in [6, 6.07) is 13.9. The number of nitrogens with two attached hydrogens (primary N) is 1. The van der Waals surface area contributed by atoms with Crippen LogP contribution in [0, 0.1) is 0 Å². The Bertz CT molecular complexity index is 1180. The van der Waals surface area contributed by atoms with E-state index < -0.39 is 22.1 Å². The summed E-state index contributed by atoms with van der Waals surface area (Å²) < 4.78 is 25.6. The van der Waals surface area contributed by atoms with Gasteiger partial charge in [0.05, 0.1) is 21.0 Å². The van der Waals surface area contributed by atoms with Crippen LogP contribution in [-0.4, -0.2) is 24.6 Å². The summed E-state index contributed by atoms with van der Waals surface area (Å²) in [5, 5.41) is 11.5. The summed E-state index contributed by atoms with van der Waals surface area (Å²) in [6.07, 6.45) is 0. The first-order valence-corrected chi connectivity index (χ1v) is 11.1. The molecule has 1 aromatic heterocycles. The zero-order valence-corrected chi connectivity index (χ0v) is 18.5. The van der Waals surface area contributed by atoms with Crippen LogP contribution in [0.25, 0.3) is 0 Å². The summed E-state index contributed by atoms with van der Waals surface area (Å²) in [4.78, 5) is 15.2. The summed E-state index contributed by atoms with van der Waals surface area (Å²) in [6.45, 7) is 1.67. The molecule has 31 heavy (non-hydrogen) atoms. The monoisotopic (exact) mass is 480 g/mol. The van der Waals surface area contributed by atoms with Gasteiger partial charge in [0.1, 0.15) is 5.82 Å². The molecule has 0 saturated heterocycles. The Morgan fingerprint density at radius 1 is 1.03 bits per heavy atom. The van der Waals surface area contributed by atoms with Gasteiger partial charge in [-0.05, 0) is 42.8 Å². The molecule has 0 fully saturated rings. The second-order valence-corrected chi connectivity index (χ2v) is 8.82. The molecular formula is C19H18Cl2N6O3S. The average Bonchev–Trinajstić information content (AvgIpc) is 2.75. The molecule has 0 aliphatic heterocycles. The lowest BCUT2D eigenvalue weighted by Crippen LogP contribution is -2.51. The second-order valence-electron chi connectivity index (χ2n) is 6.37. The largest absolute Gasteiger partial charge is 0.382 e. The number of hydrogen-bond donors (Lipinski definition) is 3. The van der Waals surface area contributed by atoms with Crippen LogP contribution < -0.4 is 20.9 Å². The molecule has 2 amide bonds. The van der Waals surface area contributed by atoms with Gasteiger partial charge in [0, 0.05) is 0 Å². The molecule has 9 nitrogen and oxygen atoms in total. The molecule has 0 aliphatic carbocycles. The number of sulfonamides is 1. The highest BCUT2D eigenvalue weighted by Gasteiger charge is 2.27. The van der Waals surface area contributed by atoms with Gasteiger partial charge in [-0.1, -0.05) is 53.5 Å². The number of hydrogen-bond acceptors (Lipinski definition) is 6. The van der Waals surface area contributed by atoms with Crippen LogP contribution in [-0.2, 0) is 10.0 Å². The molecule has 0 unspecified atom stereocenters. The molecule has 1 heterocycles. The van der Waals surface area contributed by atoms with Gasteiger partial charge in [-0.25, -0.2) is 13.2 Å². The van der Waals surface area contributed by atoms with E-state index in [1.807, 2.05) is 0 Å². The second kappa shape index (κ2) is 9.48. The fraction of sp³-hybridized carbons (Fsp3) is 0.105. The van der Waals surface area contributed by atoms with Gasteiger partial charge in [0.15, 0.2) is 5.82 Å². The van der Waals surface area contributed by atoms with Crippen LogP contribution in [0.15, 0.2) is 65.6 Å². The summed E-state index contributed by atoms with van der Waals surface area (Å²) in [5.74, 6) is 0.0182. The van der Waals surface area contributed by atoms with Gasteiger partial charge in [0.2, 0.25) is 0 Å². The summed E-state index contributed by atoms with van der Waals surface area (Å²) in [5.41, 5.74) is 6.10. The van der Waals surface area contributed by atoms with E-state index in [2.05, 4.69) is 20.3 Å². The third kappa shape index (κ3) is 5.42. The standard InChI is InChI=1S/C19H18Cl2N6O3S/c1-12(14-8-5-9-15(20)18(14)21)23-19(28)27(17-11-10-16(22)24-25-17)26-31(29,30)13-6-3-2-4-7-13/h2-12,26H,1H3,(H2,22,24)(H,23,28)/t12-/m0/s1. The molecule has 0 spiro atoms. The summed E-state index contributed by atoms with van der Waals surface area (Å²) >= 11 is 12.3. The minimum atomic E-state index is -4.11. The smallest absolute Gasteiger partial charge is 0.339 e. The first-order chi connectivity index (χ1) is 14.7. The maximum Gasteiger partial charge on any atom is 0.339 e. The van der Waals surface area contributed by atoms with Crippen LogP contribution in [0.3, 0.4) is 0 Å². The van der Waals surface area contributed by atoms with E-state index in [9.17, 15) is 13.2 Å². The zero-order valence-electron chi connectivity index (χ0n) is 16.2. The number of carbonyl (C=O) groups is 1. The molecule has 3 aromatic rings. The highest BCUT2D eigenvalue weighted by atomic mass is 35.5. The predicted octanol–water partition coefficient (Wildman–Crippen LogP) is 3.54. The maximum absolute atomic E-state index is 13.0. The lowest BCUT2D eigenvalue weighted by atomic mass is 10.1. The van der Waals surface area contributed by atoms with Gasteiger partial charge in [-0.15, -0.1) is 15.0 Å². The van der Waals surface area contributed by atoms with E-state index in [1.54, 1.807) is 43.3 Å². The molecule has 4 N–H and O–H groups in total. The molecule has 162 valence electrons. The third-order valence-corrected chi connectivity index (χ3v) is 6.31. The Labute approximate surface area is 189 Å². The Balaban J connectivity index is 1.91. The molecule has 0 saturated carbocycles. The number of hydrazine groups is 1. The number of benzene rings is 2. The number of anilines is 2. The fourth-order valence-corrected chi connectivity index (χ4v) is 4.11. The number of halogens is 2. The van der Waals surface area contributed by atoms with Crippen molar-refractivity contribution in [2.45, 2.75) is 17.9 Å². The van der Waals surface area contributed by atoms with Gasteiger partial charge >= 0.3 is 6.03 Å². The maximum atomic E-state index is 13.0. The van der Waals surface area contributed by atoms with Crippen molar-refractivity contribution in [3.8, 4) is 0 Å². The van der Waals surface area contributed by atoms with Crippen LogP contribution >= 0.6 is 23.2 Å². The molecular weight excluding hydrogens is 463 g/mol. The van der Waals surface area contributed by atoms with Crippen LogP contribution in [0.1, 0.15) is 18.5 Å². The molecule has 2 aromatic carbocycles. The van der Waals surface area contributed by atoms with Crippen molar-refractivity contribution in [3.63, 3.8) is 0 Å². The van der Waals surface area contributed by atoms with Gasteiger partial charge in [0.25, 0.3) is 10.0 Å². The quantitative estimate of drug-likeness (QED) is 0.462. The van der Waals surface area contributed by atoms with Crippen molar-refractivity contribution in [1.29, 1.82) is 0 Å². The average molecular weight is 481 g/mol. The van der Waals surface area contributed by atoms with Crippen molar-refractivity contribution in [1.82, 2.24) is 20.3 Å². The number of nitrogens with one attached hydrogen (secondary N) is 2. The zero-order chi connectivity index (χ0) is 22.6. The van der Waals surface area contributed by atoms with Crippen LogP contribution in [0.2, 0.25) is 10.0 Å². The number of amides is 2. The van der Waals surface area contributed by atoms with Crippen LogP contribution in [0.4, 0.5) is 16.4 Å². The molecule has 0 aliphatic rings. The van der Waals surface area contributed by atoms with E-state index in [-0.39, 0.29) is 21.6 Å². The number of aromatic nitrogens is 2. The van der Waals surface area contributed by atoms with Gasteiger partial charge in [-0.3, -0.25) is 0 Å².